The molecule has 0 unspecified atom stereocenters. The van der Waals surface area contributed by atoms with E-state index in [9.17, 15) is 21.0 Å². The molecule has 0 N–H and O–H groups in total. The lowest BCUT2D eigenvalue weighted by atomic mass is 9.97. The number of rotatable bonds is 5. The van der Waals surface area contributed by atoms with E-state index in [0.717, 1.165) is 12.1 Å². The van der Waals surface area contributed by atoms with E-state index in [1.165, 1.54) is 45.5 Å². The third-order valence-electron chi connectivity index (χ3n) is 11.9. The Hall–Kier alpha value is -9.10. The van der Waals surface area contributed by atoms with Crippen molar-refractivity contribution in [2.24, 2.45) is 0 Å². The van der Waals surface area contributed by atoms with Crippen LogP contribution in [0.15, 0.2) is 158 Å². The summed E-state index contributed by atoms with van der Waals surface area (Å²) in [6, 6.07) is 48.8. The normalized spacial score (nSPS) is 11.7. The summed E-state index contributed by atoms with van der Waals surface area (Å²) in [5.41, 5.74) is 2.40. The number of halogens is 6. The van der Waals surface area contributed by atoms with E-state index < -0.39 is 23.5 Å². The van der Waals surface area contributed by atoms with Gasteiger partial charge in [-0.15, -0.1) is 0 Å². The second-order valence-corrected chi connectivity index (χ2v) is 15.6. The molecule has 314 valence electrons. The zero-order valence-electron chi connectivity index (χ0n) is 34.0. The molecule has 8 aromatic carbocycles. The molecule has 0 atom stereocenters. The van der Waals surface area contributed by atoms with E-state index in [-0.39, 0.29) is 44.8 Å². The summed E-state index contributed by atoms with van der Waals surface area (Å²) in [5.74, 6) is 0. The molecule has 0 saturated heterocycles. The quantitative estimate of drug-likeness (QED) is 0.161. The molecule has 0 bridgehead atoms. The molecule has 0 amide bonds. The first-order valence-corrected chi connectivity index (χ1v) is 20.2. The molecule has 0 aliphatic heterocycles. The lowest BCUT2D eigenvalue weighted by Gasteiger charge is -2.20. The summed E-state index contributed by atoms with van der Waals surface area (Å²) in [6.45, 7) is 0. The number of nitrogens with zero attached hydrogens (tertiary/aromatic N) is 6. The van der Waals surface area contributed by atoms with Gasteiger partial charge in [-0.05, 0) is 106 Å². The van der Waals surface area contributed by atoms with Gasteiger partial charge in [-0.2, -0.15) is 47.4 Å². The van der Waals surface area contributed by atoms with Crippen molar-refractivity contribution in [1.82, 2.24) is 9.13 Å². The smallest absolute Gasteiger partial charge is 0.309 e. The number of hydrogen-bond donors (Lipinski definition) is 0. The van der Waals surface area contributed by atoms with Crippen LogP contribution in [0.3, 0.4) is 0 Å². The first-order valence-electron chi connectivity index (χ1n) is 20.2. The van der Waals surface area contributed by atoms with Crippen molar-refractivity contribution in [3.8, 4) is 69.0 Å². The number of alkyl halides is 6. The fraction of sp³-hybridized carbons (Fsp3) is 0.0370. The second-order valence-electron chi connectivity index (χ2n) is 15.6. The van der Waals surface area contributed by atoms with Gasteiger partial charge in [-0.3, -0.25) is 0 Å². The molecule has 0 spiro atoms. The SMILES string of the molecule is N#Cc1ccc(-c2ccc3c4ccccc4n(-c4cc(-c5ccc(C(F)(F)F)c(-n6c7ccccc7c7ccc(-c8ccc(C#N)cc8C#N)cc76)c5)ccc4C(F)(F)F)c3c2)c(C#N)c1. The molecule has 6 nitrogen and oxygen atoms in total. The largest absolute Gasteiger partial charge is 0.418 e. The van der Waals surface area contributed by atoms with E-state index in [1.54, 1.807) is 109 Å². The minimum Gasteiger partial charge on any atom is -0.309 e. The van der Waals surface area contributed by atoms with Crippen LogP contribution in [-0.2, 0) is 12.4 Å². The highest BCUT2D eigenvalue weighted by atomic mass is 19.4. The zero-order valence-corrected chi connectivity index (χ0v) is 34.0. The van der Waals surface area contributed by atoms with Crippen LogP contribution in [-0.4, -0.2) is 9.13 Å². The van der Waals surface area contributed by atoms with Crippen LogP contribution in [0, 0.1) is 45.3 Å². The van der Waals surface area contributed by atoms with Gasteiger partial charge in [0.2, 0.25) is 0 Å². The Bertz CT molecular complexity index is 3610. The van der Waals surface area contributed by atoms with Crippen molar-refractivity contribution in [2.45, 2.75) is 12.4 Å². The number of nitriles is 4. The Labute approximate surface area is 371 Å². The molecular formula is C54H26F6N6. The second kappa shape index (κ2) is 15.3. The average Bonchev–Trinajstić information content (AvgIpc) is 3.84. The highest BCUT2D eigenvalue weighted by Crippen LogP contribution is 2.45. The maximum absolute atomic E-state index is 15.2. The van der Waals surface area contributed by atoms with Gasteiger partial charge in [0.25, 0.3) is 0 Å². The first-order chi connectivity index (χ1) is 31.8. The van der Waals surface area contributed by atoms with Crippen LogP contribution >= 0.6 is 0 Å². The third-order valence-corrected chi connectivity index (χ3v) is 11.9. The lowest BCUT2D eigenvalue weighted by molar-refractivity contribution is -0.138. The van der Waals surface area contributed by atoms with Crippen LogP contribution in [0.4, 0.5) is 26.3 Å². The third kappa shape index (κ3) is 6.65. The summed E-state index contributed by atoms with van der Waals surface area (Å²) in [7, 11) is 0. The van der Waals surface area contributed by atoms with E-state index >= 15 is 26.3 Å². The Kier molecular flexibility index (Phi) is 9.50. The standard InChI is InChI=1S/C54H26F6N6/c55-53(56,57)45-19-13-33(23-51(45)65-47-7-3-1-5-41(47)43-17-11-35(25-49(43)65)39-15-9-31(27-61)21-37(39)29-63)34-14-20-46(54(58,59)60)52(24-34)66-48-8-4-2-6-42(48)44-18-12-36(26-50(44)66)40-16-10-32(28-62)22-38(40)30-64/h1-26H. The van der Waals surface area contributed by atoms with Crippen LogP contribution in [0.25, 0.3) is 88.4 Å². The molecule has 0 aliphatic carbocycles. The highest BCUT2D eigenvalue weighted by molar-refractivity contribution is 6.12. The lowest BCUT2D eigenvalue weighted by Crippen LogP contribution is -2.12. The molecular weight excluding hydrogens is 847 g/mol. The summed E-state index contributed by atoms with van der Waals surface area (Å²) >= 11 is 0. The van der Waals surface area contributed by atoms with Crippen molar-refractivity contribution < 1.29 is 26.3 Å². The monoisotopic (exact) mass is 872 g/mol. The number of para-hydroxylation sites is 2. The topological polar surface area (TPSA) is 105 Å². The molecule has 0 aliphatic rings. The Morgan fingerprint density at radius 3 is 1.11 bits per heavy atom. The number of fused-ring (bicyclic) bond motifs is 6. The maximum Gasteiger partial charge on any atom is 0.418 e. The van der Waals surface area contributed by atoms with Crippen molar-refractivity contribution in [3.05, 3.63) is 191 Å². The Balaban J connectivity index is 1.22. The van der Waals surface area contributed by atoms with Crippen molar-refractivity contribution in [1.29, 1.82) is 21.0 Å². The van der Waals surface area contributed by atoms with E-state index in [1.807, 2.05) is 12.1 Å². The zero-order chi connectivity index (χ0) is 46.1. The van der Waals surface area contributed by atoms with Crippen LogP contribution in [0.5, 0.6) is 0 Å². The molecule has 10 rings (SSSR count). The molecule has 0 fully saturated rings. The average molecular weight is 873 g/mol. The van der Waals surface area contributed by atoms with Crippen LogP contribution in [0.2, 0.25) is 0 Å². The molecule has 66 heavy (non-hydrogen) atoms. The van der Waals surface area contributed by atoms with Gasteiger partial charge < -0.3 is 9.13 Å². The van der Waals surface area contributed by atoms with E-state index in [2.05, 4.69) is 12.1 Å². The van der Waals surface area contributed by atoms with Crippen LogP contribution in [0.1, 0.15) is 33.4 Å². The molecule has 0 saturated carbocycles. The van der Waals surface area contributed by atoms with Crippen molar-refractivity contribution in [3.63, 3.8) is 0 Å². The summed E-state index contributed by atoms with van der Waals surface area (Å²) in [6.07, 6.45) is -9.73. The Morgan fingerprint density at radius 1 is 0.348 bits per heavy atom. The van der Waals surface area contributed by atoms with Gasteiger partial charge in [0.15, 0.2) is 0 Å². The van der Waals surface area contributed by atoms with Crippen molar-refractivity contribution >= 4 is 43.6 Å². The molecule has 2 aromatic heterocycles. The summed E-state index contributed by atoms with van der Waals surface area (Å²) in [5, 5.41) is 41.4. The molecule has 2 heterocycles. The van der Waals surface area contributed by atoms with Crippen LogP contribution < -0.4 is 0 Å². The summed E-state index contributed by atoms with van der Waals surface area (Å²) < 4.78 is 94.3. The predicted molar refractivity (Wildman–Crippen MR) is 240 cm³/mol. The minimum absolute atomic E-state index is 0.201. The number of hydrogen-bond acceptors (Lipinski definition) is 4. The highest BCUT2D eigenvalue weighted by Gasteiger charge is 2.37. The van der Waals surface area contributed by atoms with Crippen molar-refractivity contribution in [2.75, 3.05) is 0 Å². The fourth-order valence-electron chi connectivity index (χ4n) is 8.98. The van der Waals surface area contributed by atoms with E-state index in [0.29, 0.717) is 65.9 Å². The van der Waals surface area contributed by atoms with E-state index in [4.69, 9.17) is 0 Å². The van der Waals surface area contributed by atoms with Gasteiger partial charge in [0.1, 0.15) is 0 Å². The fourth-order valence-corrected chi connectivity index (χ4v) is 8.98. The summed E-state index contributed by atoms with van der Waals surface area (Å²) in [4.78, 5) is 0. The molecule has 0 radical (unpaired) electrons. The minimum atomic E-state index is -4.86. The van der Waals surface area contributed by atoms with Gasteiger partial charge in [0.05, 0.1) is 91.1 Å². The molecule has 12 heteroatoms. The number of benzene rings is 8. The number of aromatic nitrogens is 2. The molecule has 10 aromatic rings. The predicted octanol–water partition coefficient (Wildman–Crippen LogP) is 14.4. The van der Waals surface area contributed by atoms with Gasteiger partial charge in [-0.1, -0.05) is 84.9 Å². The Morgan fingerprint density at radius 2 is 0.727 bits per heavy atom. The van der Waals surface area contributed by atoms with Gasteiger partial charge >= 0.3 is 12.4 Å². The maximum atomic E-state index is 15.2. The van der Waals surface area contributed by atoms with Gasteiger partial charge in [0, 0.05) is 21.5 Å². The van der Waals surface area contributed by atoms with Gasteiger partial charge in [-0.25, -0.2) is 0 Å². The first kappa shape index (κ1) is 40.9.